The Labute approximate surface area is 114 Å². The molecule has 0 aromatic heterocycles. The normalized spacial score (nSPS) is 14.6. The molecule has 0 fully saturated rings. The van der Waals surface area contributed by atoms with Crippen LogP contribution in [0.5, 0.6) is 0 Å². The van der Waals surface area contributed by atoms with Crippen molar-refractivity contribution in [3.05, 3.63) is 41.5 Å². The number of carbonyl (C=O) groups excluding carboxylic acids is 2. The molecular formula is C16H20O3. The third kappa shape index (κ3) is 3.31. The molecule has 1 unspecified atom stereocenters. The lowest BCUT2D eigenvalue weighted by Gasteiger charge is -2.25. The van der Waals surface area contributed by atoms with Crippen LogP contribution in [0.4, 0.5) is 0 Å². The summed E-state index contributed by atoms with van der Waals surface area (Å²) in [5, 5.41) is 0. The van der Waals surface area contributed by atoms with E-state index in [-0.39, 0.29) is 12.4 Å². The second-order valence-electron chi connectivity index (χ2n) is 4.64. The summed E-state index contributed by atoms with van der Waals surface area (Å²) in [6.45, 7) is 6.81. The third-order valence-corrected chi connectivity index (χ3v) is 3.36. The Morgan fingerprint density at radius 2 is 1.79 bits per heavy atom. The predicted octanol–water partition coefficient (Wildman–Crippen LogP) is 3.25. The zero-order valence-electron chi connectivity index (χ0n) is 11.9. The number of hydrogen-bond donors (Lipinski definition) is 0. The zero-order chi connectivity index (χ0) is 14.5. The summed E-state index contributed by atoms with van der Waals surface area (Å²) >= 11 is 0. The van der Waals surface area contributed by atoms with Gasteiger partial charge in [0.25, 0.3) is 0 Å². The Kier molecular flexibility index (Phi) is 5.04. The van der Waals surface area contributed by atoms with Crippen molar-refractivity contribution >= 4 is 17.8 Å². The fourth-order valence-corrected chi connectivity index (χ4v) is 1.80. The first-order valence-electron chi connectivity index (χ1n) is 6.35. The van der Waals surface area contributed by atoms with E-state index in [9.17, 15) is 9.59 Å². The molecule has 0 aliphatic heterocycles. The SMILES string of the molecule is CCOC(=O)C(C)(C(C)=O)/C(C)=C\c1ccccc1. The highest BCUT2D eigenvalue weighted by Crippen LogP contribution is 2.31. The maximum Gasteiger partial charge on any atom is 0.323 e. The van der Waals surface area contributed by atoms with Gasteiger partial charge in [-0.05, 0) is 38.8 Å². The topological polar surface area (TPSA) is 43.4 Å². The number of ether oxygens (including phenoxy) is 1. The van der Waals surface area contributed by atoms with Crippen LogP contribution in [0.2, 0.25) is 0 Å². The minimum absolute atomic E-state index is 0.212. The lowest BCUT2D eigenvalue weighted by molar-refractivity contribution is -0.155. The smallest absolute Gasteiger partial charge is 0.323 e. The number of Topliss-reactive ketones (excluding diaryl/α,β-unsaturated/α-hetero) is 1. The van der Waals surface area contributed by atoms with Crippen molar-refractivity contribution in [1.29, 1.82) is 0 Å². The molecule has 0 radical (unpaired) electrons. The molecule has 0 bridgehead atoms. The molecule has 0 saturated carbocycles. The molecule has 1 aromatic rings. The van der Waals surface area contributed by atoms with Gasteiger partial charge in [0.05, 0.1) is 6.61 Å². The first-order valence-corrected chi connectivity index (χ1v) is 6.35. The van der Waals surface area contributed by atoms with E-state index < -0.39 is 11.4 Å². The van der Waals surface area contributed by atoms with Crippen LogP contribution in [0.3, 0.4) is 0 Å². The molecule has 0 aliphatic carbocycles. The third-order valence-electron chi connectivity index (χ3n) is 3.36. The first-order chi connectivity index (χ1) is 8.92. The lowest BCUT2D eigenvalue weighted by Crippen LogP contribution is -2.37. The minimum atomic E-state index is -1.22. The van der Waals surface area contributed by atoms with Gasteiger partial charge in [-0.2, -0.15) is 0 Å². The average molecular weight is 260 g/mol. The van der Waals surface area contributed by atoms with Crippen molar-refractivity contribution in [2.45, 2.75) is 27.7 Å². The van der Waals surface area contributed by atoms with Gasteiger partial charge in [0, 0.05) is 0 Å². The fourth-order valence-electron chi connectivity index (χ4n) is 1.80. The number of hydrogen-bond acceptors (Lipinski definition) is 3. The molecule has 0 heterocycles. The van der Waals surface area contributed by atoms with E-state index in [2.05, 4.69) is 0 Å². The van der Waals surface area contributed by atoms with Crippen LogP contribution >= 0.6 is 0 Å². The monoisotopic (exact) mass is 260 g/mol. The molecule has 0 aliphatic rings. The predicted molar refractivity (Wildman–Crippen MR) is 75.5 cm³/mol. The van der Waals surface area contributed by atoms with E-state index in [0.29, 0.717) is 5.57 Å². The highest BCUT2D eigenvalue weighted by Gasteiger charge is 2.41. The second-order valence-corrected chi connectivity index (χ2v) is 4.64. The highest BCUT2D eigenvalue weighted by molar-refractivity contribution is 6.06. The Hall–Kier alpha value is -1.90. The van der Waals surface area contributed by atoms with Crippen LogP contribution in [-0.4, -0.2) is 18.4 Å². The van der Waals surface area contributed by atoms with Gasteiger partial charge in [-0.1, -0.05) is 36.4 Å². The highest BCUT2D eigenvalue weighted by atomic mass is 16.5. The largest absolute Gasteiger partial charge is 0.465 e. The molecule has 1 aromatic carbocycles. The maximum atomic E-state index is 12.1. The number of rotatable bonds is 5. The summed E-state index contributed by atoms with van der Waals surface area (Å²) in [7, 11) is 0. The van der Waals surface area contributed by atoms with Crippen LogP contribution in [0, 0.1) is 5.41 Å². The molecule has 0 spiro atoms. The van der Waals surface area contributed by atoms with Crippen molar-refractivity contribution in [1.82, 2.24) is 0 Å². The summed E-state index contributed by atoms with van der Waals surface area (Å²) < 4.78 is 5.03. The van der Waals surface area contributed by atoms with Crippen molar-refractivity contribution in [3.8, 4) is 0 Å². The fraction of sp³-hybridized carbons (Fsp3) is 0.375. The number of benzene rings is 1. The van der Waals surface area contributed by atoms with Crippen molar-refractivity contribution in [2.24, 2.45) is 5.41 Å². The van der Waals surface area contributed by atoms with E-state index in [4.69, 9.17) is 4.74 Å². The lowest BCUT2D eigenvalue weighted by atomic mass is 9.78. The van der Waals surface area contributed by atoms with Gasteiger partial charge in [-0.25, -0.2) is 0 Å². The van der Waals surface area contributed by atoms with E-state index >= 15 is 0 Å². The summed E-state index contributed by atoms with van der Waals surface area (Å²) in [6.07, 6.45) is 1.85. The molecule has 1 rings (SSSR count). The molecule has 0 saturated heterocycles. The van der Waals surface area contributed by atoms with Gasteiger partial charge in [0.2, 0.25) is 0 Å². The first kappa shape index (κ1) is 15.2. The van der Waals surface area contributed by atoms with Gasteiger partial charge in [-0.3, -0.25) is 9.59 Å². The summed E-state index contributed by atoms with van der Waals surface area (Å²) in [5.74, 6) is -0.706. The van der Waals surface area contributed by atoms with Crippen molar-refractivity contribution in [3.63, 3.8) is 0 Å². The molecular weight excluding hydrogens is 240 g/mol. The molecule has 0 amide bonds. The Morgan fingerprint density at radius 3 is 2.26 bits per heavy atom. The average Bonchev–Trinajstić information content (AvgIpc) is 2.38. The molecule has 0 N–H and O–H groups in total. The Morgan fingerprint density at radius 1 is 1.21 bits per heavy atom. The summed E-state index contributed by atoms with van der Waals surface area (Å²) in [6, 6.07) is 9.59. The quantitative estimate of drug-likeness (QED) is 0.603. The standard InChI is InChI=1S/C16H20O3/c1-5-19-15(18)16(4,13(3)17)12(2)11-14-9-7-6-8-10-14/h6-11H,5H2,1-4H3/b12-11-. The van der Waals surface area contributed by atoms with Crippen LogP contribution < -0.4 is 0 Å². The molecule has 3 nitrogen and oxygen atoms in total. The summed E-state index contributed by atoms with van der Waals surface area (Å²) in [4.78, 5) is 23.9. The van der Waals surface area contributed by atoms with E-state index in [1.807, 2.05) is 36.4 Å². The van der Waals surface area contributed by atoms with E-state index in [0.717, 1.165) is 5.56 Å². The maximum absolute atomic E-state index is 12.1. The molecule has 3 heteroatoms. The molecule has 19 heavy (non-hydrogen) atoms. The summed E-state index contributed by atoms with van der Waals surface area (Å²) in [5.41, 5.74) is 0.424. The number of ketones is 1. The second kappa shape index (κ2) is 6.32. The van der Waals surface area contributed by atoms with Gasteiger partial charge in [0.1, 0.15) is 5.41 Å². The Balaban J connectivity index is 3.16. The molecule has 102 valence electrons. The molecule has 1 atom stereocenters. The van der Waals surface area contributed by atoms with E-state index in [1.165, 1.54) is 6.92 Å². The van der Waals surface area contributed by atoms with Gasteiger partial charge in [0.15, 0.2) is 5.78 Å². The van der Waals surface area contributed by atoms with Gasteiger partial charge in [-0.15, -0.1) is 0 Å². The number of carbonyl (C=O) groups is 2. The van der Waals surface area contributed by atoms with E-state index in [1.54, 1.807) is 20.8 Å². The van der Waals surface area contributed by atoms with Crippen LogP contribution in [-0.2, 0) is 14.3 Å². The van der Waals surface area contributed by atoms with Gasteiger partial charge < -0.3 is 4.74 Å². The van der Waals surface area contributed by atoms with Crippen LogP contribution in [0.25, 0.3) is 6.08 Å². The minimum Gasteiger partial charge on any atom is -0.465 e. The van der Waals surface area contributed by atoms with Crippen molar-refractivity contribution in [2.75, 3.05) is 6.61 Å². The van der Waals surface area contributed by atoms with Crippen molar-refractivity contribution < 1.29 is 14.3 Å². The zero-order valence-corrected chi connectivity index (χ0v) is 11.9. The van der Waals surface area contributed by atoms with Crippen LogP contribution in [0.15, 0.2) is 35.9 Å². The van der Waals surface area contributed by atoms with Crippen LogP contribution in [0.1, 0.15) is 33.3 Å². The number of esters is 1. The Bertz CT molecular complexity index is 488. The van der Waals surface area contributed by atoms with Gasteiger partial charge >= 0.3 is 5.97 Å².